The first-order valence-electron chi connectivity index (χ1n) is 4.51. The standard InChI is InChI=1S/C9H8F6N2O/c10-8(11,12)4-1-2-5(6(16)17)7(18,3-4)9(13,14)15/h1-3,5,18H,(H3,16,17). The van der Waals surface area contributed by atoms with Crippen LogP contribution < -0.4 is 5.73 Å². The normalized spacial score (nSPS) is 29.1. The van der Waals surface area contributed by atoms with Crippen LogP contribution >= 0.6 is 0 Å². The highest BCUT2D eigenvalue weighted by molar-refractivity contribution is 5.84. The average Bonchev–Trinajstić information content (AvgIpc) is 2.13. The fourth-order valence-corrected chi connectivity index (χ4v) is 1.50. The van der Waals surface area contributed by atoms with Gasteiger partial charge in [0, 0.05) is 0 Å². The lowest BCUT2D eigenvalue weighted by Crippen LogP contribution is -2.54. The zero-order chi connectivity index (χ0) is 14.4. The number of hydrogen-bond donors (Lipinski definition) is 3. The Morgan fingerprint density at radius 3 is 2.11 bits per heavy atom. The summed E-state index contributed by atoms with van der Waals surface area (Å²) in [6.07, 6.45) is -10.0. The van der Waals surface area contributed by atoms with Crippen molar-refractivity contribution in [1.29, 1.82) is 5.41 Å². The molecule has 0 bridgehead atoms. The number of nitrogens with two attached hydrogens (primary N) is 1. The van der Waals surface area contributed by atoms with Crippen LogP contribution in [0.2, 0.25) is 0 Å². The predicted molar refractivity (Wildman–Crippen MR) is 49.7 cm³/mol. The van der Waals surface area contributed by atoms with Crippen LogP contribution in [-0.2, 0) is 0 Å². The van der Waals surface area contributed by atoms with Gasteiger partial charge < -0.3 is 10.8 Å². The molecule has 0 fully saturated rings. The van der Waals surface area contributed by atoms with Crippen molar-refractivity contribution in [2.75, 3.05) is 0 Å². The molecule has 0 aliphatic heterocycles. The first-order chi connectivity index (χ1) is 7.89. The average molecular weight is 274 g/mol. The van der Waals surface area contributed by atoms with Crippen LogP contribution in [0.3, 0.4) is 0 Å². The van der Waals surface area contributed by atoms with Crippen molar-refractivity contribution in [2.24, 2.45) is 11.7 Å². The highest BCUT2D eigenvalue weighted by atomic mass is 19.4. The summed E-state index contributed by atoms with van der Waals surface area (Å²) in [6.45, 7) is 0. The number of alkyl halides is 6. The maximum atomic E-state index is 12.6. The largest absolute Gasteiger partial charge is 0.421 e. The van der Waals surface area contributed by atoms with Gasteiger partial charge in [-0.1, -0.05) is 12.2 Å². The number of aliphatic hydroxyl groups is 1. The van der Waals surface area contributed by atoms with Gasteiger partial charge >= 0.3 is 12.4 Å². The molecule has 0 aromatic heterocycles. The van der Waals surface area contributed by atoms with Crippen LogP contribution in [-0.4, -0.2) is 28.9 Å². The van der Waals surface area contributed by atoms with Crippen LogP contribution in [0.4, 0.5) is 26.3 Å². The molecule has 0 spiro atoms. The van der Waals surface area contributed by atoms with Gasteiger partial charge in [0.25, 0.3) is 0 Å². The smallest absolute Gasteiger partial charge is 0.387 e. The quantitative estimate of drug-likeness (QED) is 0.388. The van der Waals surface area contributed by atoms with E-state index in [4.69, 9.17) is 11.1 Å². The Morgan fingerprint density at radius 1 is 1.28 bits per heavy atom. The molecule has 9 heteroatoms. The van der Waals surface area contributed by atoms with Crippen molar-refractivity contribution in [3.8, 4) is 0 Å². The lowest BCUT2D eigenvalue weighted by Gasteiger charge is -2.36. The summed E-state index contributed by atoms with van der Waals surface area (Å²) in [7, 11) is 0. The van der Waals surface area contributed by atoms with Gasteiger partial charge in [0.2, 0.25) is 0 Å². The van der Waals surface area contributed by atoms with E-state index in [0.29, 0.717) is 12.2 Å². The summed E-state index contributed by atoms with van der Waals surface area (Å²) in [5, 5.41) is 16.3. The zero-order valence-corrected chi connectivity index (χ0v) is 8.60. The molecule has 4 N–H and O–H groups in total. The lowest BCUT2D eigenvalue weighted by molar-refractivity contribution is -0.247. The summed E-state index contributed by atoms with van der Waals surface area (Å²) >= 11 is 0. The Labute approximate surface area is 97.1 Å². The number of hydrogen-bond acceptors (Lipinski definition) is 2. The molecular formula is C9H8F6N2O. The van der Waals surface area contributed by atoms with E-state index in [-0.39, 0.29) is 6.08 Å². The van der Waals surface area contributed by atoms with Crippen LogP contribution in [0.1, 0.15) is 0 Å². The Hall–Kier alpha value is -1.51. The summed E-state index contributed by atoms with van der Waals surface area (Å²) in [5.41, 5.74) is -0.618. The van der Waals surface area contributed by atoms with E-state index >= 15 is 0 Å². The Morgan fingerprint density at radius 2 is 1.78 bits per heavy atom. The topological polar surface area (TPSA) is 70.1 Å². The zero-order valence-electron chi connectivity index (χ0n) is 8.60. The Balaban J connectivity index is 3.35. The third-order valence-electron chi connectivity index (χ3n) is 2.43. The van der Waals surface area contributed by atoms with Crippen LogP contribution in [0.15, 0.2) is 23.8 Å². The summed E-state index contributed by atoms with van der Waals surface area (Å²) < 4.78 is 74.9. The summed E-state index contributed by atoms with van der Waals surface area (Å²) in [4.78, 5) is 0. The van der Waals surface area contributed by atoms with Gasteiger partial charge in [0.1, 0.15) is 5.84 Å². The van der Waals surface area contributed by atoms with Crippen molar-refractivity contribution < 1.29 is 31.4 Å². The molecule has 1 aliphatic carbocycles. The van der Waals surface area contributed by atoms with Crippen LogP contribution in [0.5, 0.6) is 0 Å². The second-order valence-electron chi connectivity index (χ2n) is 3.71. The van der Waals surface area contributed by atoms with E-state index in [1.807, 2.05) is 0 Å². The molecule has 2 atom stereocenters. The minimum Gasteiger partial charge on any atom is -0.387 e. The second-order valence-corrected chi connectivity index (χ2v) is 3.71. The van der Waals surface area contributed by atoms with Crippen molar-refractivity contribution >= 4 is 5.84 Å². The van der Waals surface area contributed by atoms with Gasteiger partial charge in [0.05, 0.1) is 11.5 Å². The van der Waals surface area contributed by atoms with Crippen LogP contribution in [0, 0.1) is 11.3 Å². The highest BCUT2D eigenvalue weighted by Crippen LogP contribution is 2.43. The molecule has 3 nitrogen and oxygen atoms in total. The molecule has 2 unspecified atom stereocenters. The molecule has 18 heavy (non-hydrogen) atoms. The van der Waals surface area contributed by atoms with Crippen molar-refractivity contribution in [2.45, 2.75) is 18.0 Å². The number of nitrogens with one attached hydrogen (secondary N) is 1. The fraction of sp³-hybridized carbons (Fsp3) is 0.444. The molecule has 0 heterocycles. The second kappa shape index (κ2) is 4.01. The van der Waals surface area contributed by atoms with Gasteiger partial charge in [-0.3, -0.25) is 5.41 Å². The van der Waals surface area contributed by atoms with E-state index in [9.17, 15) is 31.4 Å². The first kappa shape index (κ1) is 14.6. The van der Waals surface area contributed by atoms with E-state index < -0.39 is 35.3 Å². The van der Waals surface area contributed by atoms with E-state index in [2.05, 4.69) is 0 Å². The Kier molecular flexibility index (Phi) is 3.24. The van der Waals surface area contributed by atoms with E-state index in [1.54, 1.807) is 0 Å². The summed E-state index contributed by atoms with van der Waals surface area (Å²) in [5.74, 6) is -3.16. The molecule has 0 saturated heterocycles. The lowest BCUT2D eigenvalue weighted by atomic mass is 9.80. The summed E-state index contributed by atoms with van der Waals surface area (Å²) in [6, 6.07) is 0. The van der Waals surface area contributed by atoms with Gasteiger partial charge in [-0.25, -0.2) is 0 Å². The molecule has 1 aliphatic rings. The predicted octanol–water partition coefficient (Wildman–Crippen LogP) is 1.89. The molecule has 0 saturated carbocycles. The number of allylic oxidation sites excluding steroid dienone is 2. The fourth-order valence-electron chi connectivity index (χ4n) is 1.50. The van der Waals surface area contributed by atoms with E-state index in [0.717, 1.165) is 0 Å². The number of halogens is 6. The minimum atomic E-state index is -5.38. The molecule has 102 valence electrons. The third kappa shape index (κ3) is 2.35. The molecule has 1 rings (SSSR count). The van der Waals surface area contributed by atoms with Gasteiger partial charge in [-0.15, -0.1) is 0 Å². The number of amidine groups is 1. The molecular weight excluding hydrogens is 266 g/mol. The van der Waals surface area contributed by atoms with Gasteiger partial charge in [-0.2, -0.15) is 26.3 Å². The van der Waals surface area contributed by atoms with Gasteiger partial charge in [0.15, 0.2) is 5.60 Å². The molecule has 0 radical (unpaired) electrons. The molecule has 0 amide bonds. The van der Waals surface area contributed by atoms with Crippen molar-refractivity contribution in [3.05, 3.63) is 23.8 Å². The van der Waals surface area contributed by atoms with Crippen molar-refractivity contribution in [3.63, 3.8) is 0 Å². The van der Waals surface area contributed by atoms with E-state index in [1.165, 1.54) is 0 Å². The van der Waals surface area contributed by atoms with Crippen LogP contribution in [0.25, 0.3) is 0 Å². The molecule has 0 aromatic rings. The SMILES string of the molecule is N=C(N)C1C=CC(C(F)(F)F)=CC1(O)C(F)(F)F. The molecule has 0 aromatic carbocycles. The number of rotatable bonds is 1. The first-order valence-corrected chi connectivity index (χ1v) is 4.51. The monoisotopic (exact) mass is 274 g/mol. The van der Waals surface area contributed by atoms with Crippen molar-refractivity contribution in [1.82, 2.24) is 0 Å². The van der Waals surface area contributed by atoms with Gasteiger partial charge in [-0.05, 0) is 6.08 Å². The highest BCUT2D eigenvalue weighted by Gasteiger charge is 2.59. The Bertz CT molecular complexity index is 422. The maximum Gasteiger partial charge on any atom is 0.421 e. The maximum absolute atomic E-state index is 12.6. The third-order valence-corrected chi connectivity index (χ3v) is 2.43. The minimum absolute atomic E-state index is 0.353.